The summed E-state index contributed by atoms with van der Waals surface area (Å²) in [4.78, 5) is 23.6. The average Bonchev–Trinajstić information content (AvgIpc) is 3.04. The highest BCUT2D eigenvalue weighted by Crippen LogP contribution is 2.37. The zero-order valence-corrected chi connectivity index (χ0v) is 15.5. The van der Waals surface area contributed by atoms with E-state index in [2.05, 4.69) is 15.3 Å². The second-order valence-corrected chi connectivity index (χ2v) is 7.28. The highest BCUT2D eigenvalue weighted by molar-refractivity contribution is 6.00. The molecule has 0 bridgehead atoms. The third kappa shape index (κ3) is 3.52. The molecule has 2 aliphatic rings. The maximum Gasteiger partial charge on any atom is 0.408 e. The first-order chi connectivity index (χ1) is 13.3. The summed E-state index contributed by atoms with van der Waals surface area (Å²) in [5.74, 6) is -0.259. The van der Waals surface area contributed by atoms with Gasteiger partial charge in [0.2, 0.25) is 5.95 Å². The molecule has 1 saturated heterocycles. The van der Waals surface area contributed by atoms with Crippen LogP contribution in [0.5, 0.6) is 0 Å². The molecule has 10 heteroatoms. The summed E-state index contributed by atoms with van der Waals surface area (Å²) in [6.07, 6.45) is -1.15. The van der Waals surface area contributed by atoms with E-state index >= 15 is 0 Å². The molecule has 1 unspecified atom stereocenters. The van der Waals surface area contributed by atoms with Crippen LogP contribution in [0, 0.1) is 12.8 Å². The van der Waals surface area contributed by atoms with Crippen molar-refractivity contribution in [1.29, 1.82) is 0 Å². The number of amides is 1. The van der Waals surface area contributed by atoms with Gasteiger partial charge >= 0.3 is 6.18 Å². The number of hydrogen-bond donors (Lipinski definition) is 1. The predicted molar refractivity (Wildman–Crippen MR) is 95.4 cm³/mol. The molecule has 1 amide bonds. The first kappa shape index (κ1) is 19.0. The Kier molecular flexibility index (Phi) is 4.90. The maximum absolute atomic E-state index is 13.4. The van der Waals surface area contributed by atoms with Crippen molar-refractivity contribution >= 4 is 17.5 Å². The Balaban J connectivity index is 1.64. The fraction of sp³-hybridized carbons (Fsp3) is 0.611. The van der Waals surface area contributed by atoms with E-state index in [4.69, 9.17) is 4.74 Å². The summed E-state index contributed by atoms with van der Waals surface area (Å²) in [6, 6.07) is -0.339. The Bertz CT molecular complexity index is 872. The third-order valence-electron chi connectivity index (χ3n) is 5.47. The van der Waals surface area contributed by atoms with Crippen LogP contribution < -0.4 is 10.2 Å². The first-order valence-corrected chi connectivity index (χ1v) is 9.40. The van der Waals surface area contributed by atoms with Gasteiger partial charge in [-0.25, -0.2) is 0 Å². The number of rotatable bonds is 4. The van der Waals surface area contributed by atoms with Crippen molar-refractivity contribution in [3.05, 3.63) is 23.7 Å². The lowest BCUT2D eigenvalue weighted by molar-refractivity contribution is -0.171. The number of aromatic nitrogens is 3. The van der Waals surface area contributed by atoms with Gasteiger partial charge in [-0.3, -0.25) is 9.20 Å². The van der Waals surface area contributed by atoms with Gasteiger partial charge in [-0.2, -0.15) is 23.1 Å². The molecule has 1 aliphatic heterocycles. The fourth-order valence-electron chi connectivity index (χ4n) is 3.66. The van der Waals surface area contributed by atoms with E-state index in [9.17, 15) is 18.0 Å². The van der Waals surface area contributed by atoms with E-state index in [1.807, 2.05) is 4.90 Å². The van der Waals surface area contributed by atoms with Crippen LogP contribution in [-0.4, -0.2) is 58.8 Å². The van der Waals surface area contributed by atoms with Gasteiger partial charge in [0, 0.05) is 19.3 Å². The van der Waals surface area contributed by atoms with Crippen LogP contribution in [0.1, 0.15) is 35.4 Å². The van der Waals surface area contributed by atoms with Gasteiger partial charge in [0.15, 0.2) is 5.65 Å². The van der Waals surface area contributed by atoms with Crippen LogP contribution in [0.2, 0.25) is 0 Å². The summed E-state index contributed by atoms with van der Waals surface area (Å²) >= 11 is 0. The summed E-state index contributed by atoms with van der Waals surface area (Å²) in [7, 11) is 0. The SMILES string of the molecule is Cc1nc(N2CCOCC2)nc2c(C(=O)NC(C3CCC3)C(F)(F)F)ccn12. The monoisotopic (exact) mass is 397 g/mol. The van der Waals surface area contributed by atoms with Gasteiger partial charge < -0.3 is 15.0 Å². The summed E-state index contributed by atoms with van der Waals surface area (Å²) in [6.45, 7) is 4.12. The van der Waals surface area contributed by atoms with E-state index < -0.39 is 24.0 Å². The molecule has 3 heterocycles. The van der Waals surface area contributed by atoms with E-state index in [1.54, 1.807) is 17.5 Å². The fourth-order valence-corrected chi connectivity index (χ4v) is 3.66. The van der Waals surface area contributed by atoms with Gasteiger partial charge in [0.25, 0.3) is 5.91 Å². The predicted octanol–water partition coefficient (Wildman–Crippen LogP) is 2.34. The highest BCUT2D eigenvalue weighted by atomic mass is 19.4. The van der Waals surface area contributed by atoms with Gasteiger partial charge in [0.1, 0.15) is 11.9 Å². The van der Waals surface area contributed by atoms with Crippen LogP contribution in [0.15, 0.2) is 12.3 Å². The molecule has 0 aromatic carbocycles. The number of carbonyl (C=O) groups excluding carboxylic acids is 1. The van der Waals surface area contributed by atoms with Crippen molar-refractivity contribution in [1.82, 2.24) is 19.7 Å². The Labute approximate surface area is 159 Å². The second kappa shape index (κ2) is 7.23. The minimum absolute atomic E-state index is 0.119. The standard InChI is InChI=1S/C18H22F3N5O2/c1-11-22-17(25-7-9-28-10-8-25)24-15-13(5-6-26(11)15)16(27)23-14(18(19,20)21)12-3-2-4-12/h5-6,12,14H,2-4,7-10H2,1H3,(H,23,27). The van der Waals surface area contributed by atoms with Gasteiger partial charge in [-0.05, 0) is 31.7 Å². The number of fused-ring (bicyclic) bond motifs is 1. The molecule has 1 aliphatic carbocycles. The number of anilines is 1. The van der Waals surface area contributed by atoms with Crippen LogP contribution in [0.25, 0.3) is 5.65 Å². The Morgan fingerprint density at radius 1 is 1.29 bits per heavy atom. The largest absolute Gasteiger partial charge is 0.408 e. The van der Waals surface area contributed by atoms with Crippen LogP contribution >= 0.6 is 0 Å². The van der Waals surface area contributed by atoms with Crippen molar-refractivity contribution in [2.45, 2.75) is 38.4 Å². The molecular formula is C18H22F3N5O2. The van der Waals surface area contributed by atoms with Gasteiger partial charge in [-0.1, -0.05) is 6.42 Å². The minimum atomic E-state index is -4.47. The van der Waals surface area contributed by atoms with Crippen molar-refractivity contribution in [3.8, 4) is 0 Å². The summed E-state index contributed by atoms with van der Waals surface area (Å²) < 4.78 is 47.2. The Morgan fingerprint density at radius 3 is 2.61 bits per heavy atom. The average molecular weight is 397 g/mol. The lowest BCUT2D eigenvalue weighted by atomic mass is 9.79. The number of aryl methyl sites for hydroxylation is 1. The van der Waals surface area contributed by atoms with Gasteiger partial charge in [0.05, 0.1) is 18.8 Å². The topological polar surface area (TPSA) is 71.8 Å². The van der Waals surface area contributed by atoms with Crippen molar-refractivity contribution in [2.75, 3.05) is 31.2 Å². The Morgan fingerprint density at radius 2 is 2.00 bits per heavy atom. The molecule has 4 rings (SSSR count). The normalized spacial score (nSPS) is 19.5. The lowest BCUT2D eigenvalue weighted by Gasteiger charge is -2.35. The first-order valence-electron chi connectivity index (χ1n) is 9.40. The number of halogens is 3. The van der Waals surface area contributed by atoms with E-state index in [1.165, 1.54) is 6.07 Å². The summed E-state index contributed by atoms with van der Waals surface area (Å²) in [5.41, 5.74) is 0.426. The van der Waals surface area contributed by atoms with Crippen molar-refractivity contribution in [2.24, 2.45) is 5.92 Å². The second-order valence-electron chi connectivity index (χ2n) is 7.28. The zero-order valence-electron chi connectivity index (χ0n) is 15.5. The lowest BCUT2D eigenvalue weighted by Crippen LogP contribution is -2.52. The van der Waals surface area contributed by atoms with Gasteiger partial charge in [-0.15, -0.1) is 0 Å². The third-order valence-corrected chi connectivity index (χ3v) is 5.47. The van der Waals surface area contributed by atoms with Crippen molar-refractivity contribution in [3.63, 3.8) is 0 Å². The molecule has 28 heavy (non-hydrogen) atoms. The smallest absolute Gasteiger partial charge is 0.378 e. The molecule has 1 atom stereocenters. The summed E-state index contributed by atoms with van der Waals surface area (Å²) in [5, 5.41) is 2.20. The zero-order chi connectivity index (χ0) is 19.9. The maximum atomic E-state index is 13.4. The molecule has 2 aromatic heterocycles. The molecule has 0 spiro atoms. The van der Waals surface area contributed by atoms with E-state index in [0.717, 1.165) is 6.42 Å². The quantitative estimate of drug-likeness (QED) is 0.858. The highest BCUT2D eigenvalue weighted by Gasteiger charge is 2.47. The van der Waals surface area contributed by atoms with E-state index in [-0.39, 0.29) is 5.56 Å². The van der Waals surface area contributed by atoms with E-state index in [0.29, 0.717) is 56.6 Å². The molecule has 152 valence electrons. The van der Waals surface area contributed by atoms with Crippen LogP contribution in [0.3, 0.4) is 0 Å². The van der Waals surface area contributed by atoms with Crippen molar-refractivity contribution < 1.29 is 22.7 Å². The Hall–Kier alpha value is -2.36. The number of hydrogen-bond acceptors (Lipinski definition) is 5. The molecule has 0 radical (unpaired) electrons. The molecule has 1 N–H and O–H groups in total. The number of nitrogens with one attached hydrogen (secondary N) is 1. The van der Waals surface area contributed by atoms with Crippen LogP contribution in [-0.2, 0) is 4.74 Å². The number of morpholine rings is 1. The molecule has 1 saturated carbocycles. The number of carbonyl (C=O) groups is 1. The molecule has 2 aromatic rings. The molecule has 7 nitrogen and oxygen atoms in total. The number of nitrogens with zero attached hydrogens (tertiary/aromatic N) is 4. The number of ether oxygens (including phenoxy) is 1. The number of alkyl halides is 3. The minimum Gasteiger partial charge on any atom is -0.378 e. The van der Waals surface area contributed by atoms with Crippen LogP contribution in [0.4, 0.5) is 19.1 Å². The molecule has 2 fully saturated rings. The molecular weight excluding hydrogens is 375 g/mol.